The van der Waals surface area contributed by atoms with Crippen LogP contribution in [-0.4, -0.2) is 19.5 Å². The number of ether oxygens (including phenoxy) is 1. The van der Waals surface area contributed by atoms with Crippen LogP contribution >= 0.6 is 0 Å². The predicted molar refractivity (Wildman–Crippen MR) is 108 cm³/mol. The first-order chi connectivity index (χ1) is 13.8. The Bertz CT molecular complexity index is 1120. The lowest BCUT2D eigenvalue weighted by molar-refractivity contribution is -0.138. The molecule has 0 amide bonds. The van der Waals surface area contributed by atoms with E-state index in [4.69, 9.17) is 8.92 Å². The molecule has 0 saturated heterocycles. The van der Waals surface area contributed by atoms with Gasteiger partial charge in [0.25, 0.3) is 0 Å². The summed E-state index contributed by atoms with van der Waals surface area (Å²) in [5.41, 5.74) is 0.713. The Kier molecular flexibility index (Phi) is 5.89. The molecule has 7 heteroatoms. The van der Waals surface area contributed by atoms with E-state index in [0.717, 1.165) is 0 Å². The van der Waals surface area contributed by atoms with Gasteiger partial charge in [-0.1, -0.05) is 48.5 Å². The molecule has 0 heterocycles. The summed E-state index contributed by atoms with van der Waals surface area (Å²) in [6, 6.07) is 19.8. The smallest absolute Gasteiger partial charge is 0.339 e. The number of para-hydroxylation sites is 2. The summed E-state index contributed by atoms with van der Waals surface area (Å²) in [7, 11) is -4.21. The fourth-order valence-corrected chi connectivity index (χ4v) is 3.98. The van der Waals surface area contributed by atoms with Gasteiger partial charge in [-0.3, -0.25) is 4.79 Å². The molecule has 0 spiro atoms. The quantitative estimate of drug-likeness (QED) is 0.564. The molecule has 0 aliphatic carbocycles. The average Bonchev–Trinajstić information content (AvgIpc) is 2.69. The van der Waals surface area contributed by atoms with Gasteiger partial charge in [-0.25, -0.2) is 0 Å². The number of aryl methyl sites for hydroxylation is 1. The molecule has 0 aromatic heterocycles. The van der Waals surface area contributed by atoms with Crippen LogP contribution in [-0.2, 0) is 14.9 Å². The summed E-state index contributed by atoms with van der Waals surface area (Å²) in [6.45, 7) is 3.11. The first kappa shape index (κ1) is 20.4. The zero-order chi connectivity index (χ0) is 21.0. The second-order valence-corrected chi connectivity index (χ2v) is 7.97. The fraction of sp³-hybridized carbons (Fsp3) is 0.136. The summed E-state index contributed by atoms with van der Waals surface area (Å²) in [6.07, 6.45) is 0. The Morgan fingerprint density at radius 3 is 2.24 bits per heavy atom. The van der Waals surface area contributed by atoms with E-state index >= 15 is 0 Å². The van der Waals surface area contributed by atoms with Crippen molar-refractivity contribution in [3.05, 3.63) is 83.9 Å². The average molecular weight is 412 g/mol. The predicted octanol–water partition coefficient (Wildman–Crippen LogP) is 4.74. The summed E-state index contributed by atoms with van der Waals surface area (Å²) < 4.78 is 37.2. The minimum absolute atomic E-state index is 0.00319. The van der Waals surface area contributed by atoms with E-state index in [1.165, 1.54) is 25.1 Å². The number of hydrogen-bond donors (Lipinski definition) is 1. The zero-order valence-electron chi connectivity index (χ0n) is 15.9. The molecule has 1 unspecified atom stereocenters. The van der Waals surface area contributed by atoms with Crippen molar-refractivity contribution in [1.82, 2.24) is 0 Å². The Labute approximate surface area is 169 Å². The number of carbonyl (C=O) groups is 1. The molecule has 150 valence electrons. The third-order valence-electron chi connectivity index (χ3n) is 4.37. The molecular weight excluding hydrogens is 392 g/mol. The first-order valence-corrected chi connectivity index (χ1v) is 10.3. The fourth-order valence-electron chi connectivity index (χ4n) is 2.78. The summed E-state index contributed by atoms with van der Waals surface area (Å²) >= 11 is 0. The van der Waals surface area contributed by atoms with Crippen molar-refractivity contribution in [1.29, 1.82) is 0 Å². The van der Waals surface area contributed by atoms with Gasteiger partial charge in [0.05, 0.1) is 5.92 Å². The minimum Gasteiger partial charge on any atom is -0.481 e. The molecule has 0 bridgehead atoms. The lowest BCUT2D eigenvalue weighted by atomic mass is 10.00. The number of carboxylic acid groups (broad SMARTS) is 1. The van der Waals surface area contributed by atoms with Crippen LogP contribution < -0.4 is 8.92 Å². The molecule has 3 aromatic carbocycles. The molecule has 0 aliphatic heterocycles. The van der Waals surface area contributed by atoms with E-state index in [9.17, 15) is 18.3 Å². The van der Waals surface area contributed by atoms with Crippen LogP contribution in [0.3, 0.4) is 0 Å². The van der Waals surface area contributed by atoms with Gasteiger partial charge in [0.2, 0.25) is 0 Å². The topological polar surface area (TPSA) is 89.9 Å². The van der Waals surface area contributed by atoms with Crippen LogP contribution in [0, 0.1) is 6.92 Å². The maximum atomic E-state index is 12.9. The van der Waals surface area contributed by atoms with Gasteiger partial charge >= 0.3 is 16.1 Å². The number of carboxylic acids is 1. The molecule has 3 rings (SSSR count). The molecule has 0 aliphatic rings. The Morgan fingerprint density at radius 2 is 1.59 bits per heavy atom. The van der Waals surface area contributed by atoms with Crippen LogP contribution in [0.4, 0.5) is 0 Å². The van der Waals surface area contributed by atoms with Gasteiger partial charge in [-0.05, 0) is 43.7 Å². The van der Waals surface area contributed by atoms with Crippen molar-refractivity contribution in [2.75, 3.05) is 0 Å². The maximum absolute atomic E-state index is 12.9. The lowest BCUT2D eigenvalue weighted by Crippen LogP contribution is -2.15. The first-order valence-electron chi connectivity index (χ1n) is 8.88. The van der Waals surface area contributed by atoms with Gasteiger partial charge in [0, 0.05) is 5.56 Å². The Balaban J connectivity index is 2.11. The van der Waals surface area contributed by atoms with Crippen molar-refractivity contribution in [3.8, 4) is 17.2 Å². The summed E-state index contributed by atoms with van der Waals surface area (Å²) in [5.74, 6) is -1.68. The Hall–Kier alpha value is -3.32. The highest BCUT2D eigenvalue weighted by atomic mass is 32.2. The molecular formula is C22H20O6S. The van der Waals surface area contributed by atoms with Gasteiger partial charge in [-0.2, -0.15) is 8.42 Å². The number of rotatable bonds is 7. The number of benzene rings is 3. The third kappa shape index (κ3) is 4.57. The summed E-state index contributed by atoms with van der Waals surface area (Å²) in [4.78, 5) is 11.6. The zero-order valence-corrected chi connectivity index (χ0v) is 16.7. The van der Waals surface area contributed by atoms with E-state index in [1.807, 2.05) is 6.07 Å². The highest BCUT2D eigenvalue weighted by Gasteiger charge is 2.27. The lowest BCUT2D eigenvalue weighted by Gasteiger charge is -2.18. The van der Waals surface area contributed by atoms with E-state index < -0.39 is 22.0 Å². The van der Waals surface area contributed by atoms with E-state index in [-0.39, 0.29) is 22.0 Å². The summed E-state index contributed by atoms with van der Waals surface area (Å²) in [5, 5.41) is 9.45. The standard InChI is InChI=1S/C22H20O6S/c1-15-9-6-7-14-20(15)29(25,26)28-21-18(16(2)22(23)24)12-8-13-19(21)27-17-10-4-3-5-11-17/h3-14,16H,1-2H3,(H,23,24). The molecule has 1 N–H and O–H groups in total. The van der Waals surface area contributed by atoms with Crippen molar-refractivity contribution in [3.63, 3.8) is 0 Å². The van der Waals surface area contributed by atoms with Crippen LogP contribution in [0.1, 0.15) is 24.0 Å². The monoisotopic (exact) mass is 412 g/mol. The maximum Gasteiger partial charge on any atom is 0.339 e. The highest BCUT2D eigenvalue weighted by molar-refractivity contribution is 7.87. The molecule has 3 aromatic rings. The van der Waals surface area contributed by atoms with Crippen molar-refractivity contribution in [2.24, 2.45) is 0 Å². The third-order valence-corrected chi connectivity index (χ3v) is 5.76. The van der Waals surface area contributed by atoms with Crippen molar-refractivity contribution < 1.29 is 27.2 Å². The van der Waals surface area contributed by atoms with Gasteiger partial charge in [-0.15, -0.1) is 0 Å². The number of hydrogen-bond acceptors (Lipinski definition) is 5. The second kappa shape index (κ2) is 8.36. The molecule has 29 heavy (non-hydrogen) atoms. The molecule has 0 saturated carbocycles. The molecule has 1 atom stereocenters. The van der Waals surface area contributed by atoms with Crippen LogP contribution in [0.25, 0.3) is 0 Å². The van der Waals surface area contributed by atoms with Gasteiger partial charge in [0.1, 0.15) is 10.6 Å². The van der Waals surface area contributed by atoms with Crippen LogP contribution in [0.2, 0.25) is 0 Å². The van der Waals surface area contributed by atoms with Crippen molar-refractivity contribution in [2.45, 2.75) is 24.7 Å². The Morgan fingerprint density at radius 1 is 0.931 bits per heavy atom. The highest BCUT2D eigenvalue weighted by Crippen LogP contribution is 2.40. The molecule has 0 radical (unpaired) electrons. The minimum atomic E-state index is -4.21. The van der Waals surface area contributed by atoms with Crippen LogP contribution in [0.5, 0.6) is 17.2 Å². The molecule has 6 nitrogen and oxygen atoms in total. The van der Waals surface area contributed by atoms with E-state index in [2.05, 4.69) is 0 Å². The second-order valence-electron chi connectivity index (χ2n) is 6.45. The number of aliphatic carboxylic acids is 1. The van der Waals surface area contributed by atoms with Gasteiger partial charge < -0.3 is 14.0 Å². The largest absolute Gasteiger partial charge is 0.481 e. The van der Waals surface area contributed by atoms with Crippen molar-refractivity contribution >= 4 is 16.1 Å². The van der Waals surface area contributed by atoms with E-state index in [1.54, 1.807) is 55.5 Å². The van der Waals surface area contributed by atoms with Gasteiger partial charge in [0.15, 0.2) is 11.5 Å². The van der Waals surface area contributed by atoms with E-state index in [0.29, 0.717) is 11.3 Å². The SMILES string of the molecule is Cc1ccccc1S(=O)(=O)Oc1c(Oc2ccccc2)cccc1C(C)C(=O)O. The molecule has 0 fully saturated rings. The van der Waals surface area contributed by atoms with Crippen LogP contribution in [0.15, 0.2) is 77.7 Å². The normalized spacial score (nSPS) is 12.2.